The number of esters is 1. The van der Waals surface area contributed by atoms with Crippen LogP contribution in [0.15, 0.2) is 6.20 Å². The Hall–Kier alpha value is -2.09. The lowest BCUT2D eigenvalue weighted by molar-refractivity contribution is 0.0491. The van der Waals surface area contributed by atoms with E-state index in [4.69, 9.17) is 14.2 Å². The van der Waals surface area contributed by atoms with Crippen LogP contribution in [-0.4, -0.2) is 54.3 Å². The zero-order valence-corrected chi connectivity index (χ0v) is 15.2. The standard InChI is InChI=1S/C16H27N3O5/c1-7-23-14(20)13-11(2)8-18-19(13)12(10-22-6)9-17-15(21)24-16(3,4)5/h8,12H,7,9-10H2,1-6H3,(H,17,21). The van der Waals surface area contributed by atoms with Gasteiger partial charge in [-0.2, -0.15) is 5.10 Å². The highest BCUT2D eigenvalue weighted by molar-refractivity contribution is 5.89. The number of hydrogen-bond acceptors (Lipinski definition) is 6. The molecule has 0 bridgehead atoms. The zero-order valence-electron chi connectivity index (χ0n) is 15.2. The quantitative estimate of drug-likeness (QED) is 0.764. The number of nitrogens with one attached hydrogen (secondary N) is 1. The highest BCUT2D eigenvalue weighted by atomic mass is 16.6. The molecule has 1 amide bonds. The van der Waals surface area contributed by atoms with Crippen molar-refractivity contribution in [2.45, 2.75) is 46.3 Å². The molecule has 0 spiro atoms. The number of ether oxygens (including phenoxy) is 3. The lowest BCUT2D eigenvalue weighted by Crippen LogP contribution is -2.38. The van der Waals surface area contributed by atoms with Crippen molar-refractivity contribution >= 4 is 12.1 Å². The van der Waals surface area contributed by atoms with Gasteiger partial charge >= 0.3 is 12.1 Å². The van der Waals surface area contributed by atoms with Crippen LogP contribution in [0.3, 0.4) is 0 Å². The molecule has 0 aliphatic carbocycles. The largest absolute Gasteiger partial charge is 0.461 e. The lowest BCUT2D eigenvalue weighted by Gasteiger charge is -2.22. The third kappa shape index (κ3) is 5.84. The summed E-state index contributed by atoms with van der Waals surface area (Å²) in [6.07, 6.45) is 1.05. The zero-order chi connectivity index (χ0) is 18.3. The molecule has 1 aromatic rings. The SMILES string of the molecule is CCOC(=O)c1c(C)cnn1C(CNC(=O)OC(C)(C)C)COC. The van der Waals surface area contributed by atoms with E-state index in [0.717, 1.165) is 0 Å². The molecule has 1 N–H and O–H groups in total. The fourth-order valence-electron chi connectivity index (χ4n) is 2.10. The Bertz CT molecular complexity index is 563. The van der Waals surface area contributed by atoms with Crippen molar-refractivity contribution in [3.05, 3.63) is 17.5 Å². The van der Waals surface area contributed by atoms with Gasteiger partial charge in [0.15, 0.2) is 0 Å². The summed E-state index contributed by atoms with van der Waals surface area (Å²) in [5.41, 5.74) is 0.468. The number of alkyl carbamates (subject to hydrolysis) is 1. The van der Waals surface area contributed by atoms with Gasteiger partial charge in [0.1, 0.15) is 11.3 Å². The second kappa shape index (κ2) is 8.68. The average Bonchev–Trinajstić information content (AvgIpc) is 2.83. The van der Waals surface area contributed by atoms with E-state index >= 15 is 0 Å². The van der Waals surface area contributed by atoms with Crippen LogP contribution in [0, 0.1) is 6.92 Å². The Balaban J connectivity index is 2.89. The Morgan fingerprint density at radius 1 is 1.38 bits per heavy atom. The van der Waals surface area contributed by atoms with Gasteiger partial charge in [-0.1, -0.05) is 0 Å². The van der Waals surface area contributed by atoms with E-state index < -0.39 is 17.7 Å². The van der Waals surface area contributed by atoms with E-state index in [1.54, 1.807) is 47.9 Å². The number of carbonyl (C=O) groups is 2. The summed E-state index contributed by atoms with van der Waals surface area (Å²) in [6, 6.07) is -0.365. The lowest BCUT2D eigenvalue weighted by atomic mass is 10.2. The van der Waals surface area contributed by atoms with Crippen molar-refractivity contribution in [3.63, 3.8) is 0 Å². The number of rotatable bonds is 7. The van der Waals surface area contributed by atoms with Gasteiger partial charge in [-0.3, -0.25) is 4.68 Å². The molecule has 0 radical (unpaired) electrons. The molecule has 1 aromatic heterocycles. The van der Waals surface area contributed by atoms with Crippen molar-refractivity contribution < 1.29 is 23.8 Å². The summed E-state index contributed by atoms with van der Waals surface area (Å²) >= 11 is 0. The third-order valence-electron chi connectivity index (χ3n) is 3.03. The van der Waals surface area contributed by atoms with E-state index in [-0.39, 0.29) is 25.8 Å². The van der Waals surface area contributed by atoms with Crippen LogP contribution in [0.4, 0.5) is 4.79 Å². The molecule has 8 heteroatoms. The summed E-state index contributed by atoms with van der Waals surface area (Å²) < 4.78 is 17.0. The van der Waals surface area contributed by atoms with Crippen molar-refractivity contribution in [3.8, 4) is 0 Å². The minimum Gasteiger partial charge on any atom is -0.461 e. The van der Waals surface area contributed by atoms with Crippen molar-refractivity contribution in [1.82, 2.24) is 15.1 Å². The van der Waals surface area contributed by atoms with Gasteiger partial charge in [0.2, 0.25) is 0 Å². The third-order valence-corrected chi connectivity index (χ3v) is 3.03. The molecule has 0 aromatic carbocycles. The van der Waals surface area contributed by atoms with Crippen LogP contribution in [0.1, 0.15) is 49.8 Å². The van der Waals surface area contributed by atoms with Crippen LogP contribution >= 0.6 is 0 Å². The van der Waals surface area contributed by atoms with Crippen LogP contribution in [0.25, 0.3) is 0 Å². The molecule has 1 atom stereocenters. The maximum Gasteiger partial charge on any atom is 0.407 e. The van der Waals surface area contributed by atoms with Crippen LogP contribution in [0.5, 0.6) is 0 Å². The molecule has 0 fully saturated rings. The Morgan fingerprint density at radius 3 is 2.58 bits per heavy atom. The minimum absolute atomic E-state index is 0.205. The molecular weight excluding hydrogens is 314 g/mol. The van der Waals surface area contributed by atoms with Crippen LogP contribution in [0.2, 0.25) is 0 Å². The second-order valence-corrected chi connectivity index (χ2v) is 6.33. The normalized spacial score (nSPS) is 12.6. The number of aryl methyl sites for hydroxylation is 1. The fourth-order valence-corrected chi connectivity index (χ4v) is 2.10. The van der Waals surface area contributed by atoms with Crippen molar-refractivity contribution in [2.24, 2.45) is 0 Å². The maximum absolute atomic E-state index is 12.1. The number of methoxy groups -OCH3 is 1. The topological polar surface area (TPSA) is 91.7 Å². The molecule has 136 valence electrons. The molecule has 1 rings (SSSR count). The van der Waals surface area contributed by atoms with Gasteiger partial charge in [-0.15, -0.1) is 0 Å². The summed E-state index contributed by atoms with van der Waals surface area (Å²) in [5.74, 6) is -0.453. The molecule has 0 saturated carbocycles. The van der Waals surface area contributed by atoms with Crippen LogP contribution in [-0.2, 0) is 14.2 Å². The minimum atomic E-state index is -0.584. The molecule has 24 heavy (non-hydrogen) atoms. The fraction of sp³-hybridized carbons (Fsp3) is 0.688. The predicted molar refractivity (Wildman–Crippen MR) is 88.1 cm³/mol. The van der Waals surface area contributed by atoms with Gasteiger partial charge in [0, 0.05) is 19.2 Å². The van der Waals surface area contributed by atoms with Crippen molar-refractivity contribution in [1.29, 1.82) is 0 Å². The number of aromatic nitrogens is 2. The predicted octanol–water partition coefficient (Wildman–Crippen LogP) is 2.08. The monoisotopic (exact) mass is 341 g/mol. The molecule has 1 heterocycles. The Kier molecular flexibility index (Phi) is 7.21. The van der Waals surface area contributed by atoms with Gasteiger partial charge in [-0.05, 0) is 34.6 Å². The van der Waals surface area contributed by atoms with Gasteiger partial charge in [-0.25, -0.2) is 9.59 Å². The van der Waals surface area contributed by atoms with E-state index in [1.165, 1.54) is 4.68 Å². The molecule has 0 aliphatic rings. The second-order valence-electron chi connectivity index (χ2n) is 6.33. The van der Waals surface area contributed by atoms with E-state index in [0.29, 0.717) is 11.3 Å². The first kappa shape index (κ1) is 20.0. The average molecular weight is 341 g/mol. The molecular formula is C16H27N3O5. The highest BCUT2D eigenvalue weighted by Crippen LogP contribution is 2.16. The number of amides is 1. The van der Waals surface area contributed by atoms with Crippen molar-refractivity contribution in [2.75, 3.05) is 26.9 Å². The first-order valence-corrected chi connectivity index (χ1v) is 7.86. The Morgan fingerprint density at radius 2 is 2.04 bits per heavy atom. The summed E-state index contributed by atoms with van der Waals surface area (Å²) in [4.78, 5) is 24.0. The molecule has 0 aliphatic heterocycles. The van der Waals surface area contributed by atoms with E-state index in [2.05, 4.69) is 10.4 Å². The Labute approximate surface area is 142 Å². The molecule has 8 nitrogen and oxygen atoms in total. The summed E-state index contributed by atoms with van der Waals surface area (Å²) in [6.45, 7) is 9.62. The van der Waals surface area contributed by atoms with E-state index in [1.807, 2.05) is 0 Å². The molecule has 0 saturated heterocycles. The van der Waals surface area contributed by atoms with Gasteiger partial charge < -0.3 is 19.5 Å². The number of carbonyl (C=O) groups excluding carboxylic acids is 2. The van der Waals surface area contributed by atoms with Crippen LogP contribution < -0.4 is 5.32 Å². The number of hydrogen-bond donors (Lipinski definition) is 1. The highest BCUT2D eigenvalue weighted by Gasteiger charge is 2.24. The summed E-state index contributed by atoms with van der Waals surface area (Å²) in [5, 5.41) is 6.91. The van der Waals surface area contributed by atoms with Gasteiger partial charge in [0.05, 0.1) is 25.5 Å². The maximum atomic E-state index is 12.1. The number of nitrogens with zero attached hydrogens (tertiary/aromatic N) is 2. The first-order chi connectivity index (χ1) is 11.2. The smallest absolute Gasteiger partial charge is 0.407 e. The van der Waals surface area contributed by atoms with Gasteiger partial charge in [0.25, 0.3) is 0 Å². The van der Waals surface area contributed by atoms with E-state index in [9.17, 15) is 9.59 Å². The first-order valence-electron chi connectivity index (χ1n) is 7.86. The summed E-state index contributed by atoms with van der Waals surface area (Å²) in [7, 11) is 1.54. The molecule has 1 unspecified atom stereocenters.